The summed E-state index contributed by atoms with van der Waals surface area (Å²) in [5.41, 5.74) is 3.54. The lowest BCUT2D eigenvalue weighted by atomic mass is 9.89. The van der Waals surface area contributed by atoms with E-state index in [-0.39, 0.29) is 12.0 Å². The molecule has 1 saturated heterocycles. The molecule has 0 spiro atoms. The van der Waals surface area contributed by atoms with E-state index in [9.17, 15) is 4.79 Å². The normalized spacial score (nSPS) is 17.2. The van der Waals surface area contributed by atoms with Crippen LogP contribution in [0.4, 0.5) is 5.82 Å². The first-order valence-electron chi connectivity index (χ1n) is 12.0. The molecule has 7 nitrogen and oxygen atoms in total. The molecule has 0 aromatic carbocycles. The Hall–Kier alpha value is -2.54. The van der Waals surface area contributed by atoms with Gasteiger partial charge in [0.2, 0.25) is 0 Å². The van der Waals surface area contributed by atoms with Crippen molar-refractivity contribution < 1.29 is 9.53 Å². The topological polar surface area (TPSA) is 80.2 Å². The van der Waals surface area contributed by atoms with Gasteiger partial charge in [0.1, 0.15) is 11.6 Å². The molecule has 1 fully saturated rings. The molecule has 0 bridgehead atoms. The van der Waals surface area contributed by atoms with E-state index in [0.29, 0.717) is 18.9 Å². The van der Waals surface area contributed by atoms with Gasteiger partial charge in [-0.25, -0.2) is 15.0 Å². The smallest absolute Gasteiger partial charge is 0.307 e. The van der Waals surface area contributed by atoms with Gasteiger partial charge in [-0.05, 0) is 63.5 Å². The lowest BCUT2D eigenvalue weighted by Crippen LogP contribution is -2.49. The molecule has 1 atom stereocenters. The van der Waals surface area contributed by atoms with E-state index in [2.05, 4.69) is 32.3 Å². The van der Waals surface area contributed by atoms with E-state index < -0.39 is 0 Å². The SMILES string of the molecule is CCOC(=O)CC(c1cnc(C)nc1)N1CC(CCCCc2ccc3c(n2)NCCC3)C1. The molecule has 0 aliphatic carbocycles. The lowest BCUT2D eigenvalue weighted by molar-refractivity contribution is -0.145. The van der Waals surface area contributed by atoms with Crippen molar-refractivity contribution in [3.05, 3.63) is 47.2 Å². The number of nitrogens with zero attached hydrogens (tertiary/aromatic N) is 4. The molecule has 1 N–H and O–H groups in total. The summed E-state index contributed by atoms with van der Waals surface area (Å²) in [6, 6.07) is 4.44. The molecule has 0 amide bonds. The molecule has 1 unspecified atom stereocenters. The highest BCUT2D eigenvalue weighted by molar-refractivity contribution is 5.70. The Bertz CT molecular complexity index is 896. The number of carbonyl (C=O) groups excluding carboxylic acids is 1. The van der Waals surface area contributed by atoms with Crippen LogP contribution in [0.1, 0.15) is 67.7 Å². The Balaban J connectivity index is 1.22. The second-order valence-electron chi connectivity index (χ2n) is 8.99. The molecule has 2 aromatic heterocycles. The van der Waals surface area contributed by atoms with Crippen LogP contribution in [-0.2, 0) is 22.4 Å². The van der Waals surface area contributed by atoms with Gasteiger partial charge in [0.25, 0.3) is 0 Å². The first kappa shape index (κ1) is 22.6. The first-order chi connectivity index (χ1) is 15.6. The van der Waals surface area contributed by atoms with Gasteiger partial charge in [0, 0.05) is 49.3 Å². The van der Waals surface area contributed by atoms with Crippen molar-refractivity contribution in [3.8, 4) is 0 Å². The van der Waals surface area contributed by atoms with Gasteiger partial charge in [0.15, 0.2) is 0 Å². The van der Waals surface area contributed by atoms with E-state index in [1.165, 1.54) is 36.9 Å². The van der Waals surface area contributed by atoms with Gasteiger partial charge >= 0.3 is 5.97 Å². The van der Waals surface area contributed by atoms with E-state index in [1.807, 2.05) is 26.2 Å². The average Bonchev–Trinajstić information content (AvgIpc) is 2.77. The van der Waals surface area contributed by atoms with Crippen molar-refractivity contribution in [1.29, 1.82) is 0 Å². The highest BCUT2D eigenvalue weighted by Crippen LogP contribution is 2.33. The van der Waals surface area contributed by atoms with Crippen LogP contribution in [0.5, 0.6) is 0 Å². The summed E-state index contributed by atoms with van der Waals surface area (Å²) in [4.78, 5) is 28.0. The number of aryl methyl sites for hydroxylation is 3. The zero-order chi connectivity index (χ0) is 22.3. The van der Waals surface area contributed by atoms with Crippen LogP contribution in [0.2, 0.25) is 0 Å². The van der Waals surface area contributed by atoms with Crippen LogP contribution in [0, 0.1) is 12.8 Å². The third kappa shape index (κ3) is 5.82. The van der Waals surface area contributed by atoms with Gasteiger partial charge < -0.3 is 10.1 Å². The van der Waals surface area contributed by atoms with Gasteiger partial charge in [-0.2, -0.15) is 0 Å². The number of ether oxygens (including phenoxy) is 1. The Kier molecular flexibility index (Phi) is 7.68. The third-order valence-corrected chi connectivity index (χ3v) is 6.52. The van der Waals surface area contributed by atoms with Crippen LogP contribution < -0.4 is 5.32 Å². The second-order valence-corrected chi connectivity index (χ2v) is 8.99. The minimum absolute atomic E-state index is 0.00176. The number of nitrogens with one attached hydrogen (secondary N) is 1. The average molecular weight is 438 g/mol. The number of hydrogen-bond donors (Lipinski definition) is 1. The summed E-state index contributed by atoms with van der Waals surface area (Å²) in [7, 11) is 0. The van der Waals surface area contributed by atoms with Crippen LogP contribution in [0.25, 0.3) is 0 Å². The number of unbranched alkanes of at least 4 members (excludes halogenated alkanes) is 1. The Labute approximate surface area is 191 Å². The van der Waals surface area contributed by atoms with E-state index in [0.717, 1.165) is 49.7 Å². The standard InChI is InChI=1S/C25H35N5O2/c1-3-32-24(31)13-23(21-14-27-18(2)28-15-21)30-16-19(17-30)7-4-5-9-22-11-10-20-8-6-12-26-25(20)29-22/h10-11,14-15,19,23H,3-9,12-13,16-17H2,1-2H3,(H,26,29). The van der Waals surface area contributed by atoms with Gasteiger partial charge in [-0.15, -0.1) is 0 Å². The van der Waals surface area contributed by atoms with Crippen molar-refractivity contribution in [2.45, 2.75) is 64.8 Å². The molecule has 4 rings (SSSR count). The fraction of sp³-hybridized carbons (Fsp3) is 0.600. The van der Waals surface area contributed by atoms with Crippen molar-refractivity contribution in [2.75, 3.05) is 31.6 Å². The molecule has 0 saturated carbocycles. The van der Waals surface area contributed by atoms with Crippen molar-refractivity contribution in [3.63, 3.8) is 0 Å². The molecule has 4 heterocycles. The predicted octanol–water partition coefficient (Wildman–Crippen LogP) is 3.88. The van der Waals surface area contributed by atoms with Crippen molar-refractivity contribution >= 4 is 11.8 Å². The van der Waals surface area contributed by atoms with Crippen LogP contribution in [0.3, 0.4) is 0 Å². The van der Waals surface area contributed by atoms with Crippen molar-refractivity contribution in [1.82, 2.24) is 19.9 Å². The van der Waals surface area contributed by atoms with E-state index >= 15 is 0 Å². The Morgan fingerprint density at radius 1 is 1.25 bits per heavy atom. The van der Waals surface area contributed by atoms with E-state index in [4.69, 9.17) is 9.72 Å². The molecule has 7 heteroatoms. The first-order valence-corrected chi connectivity index (χ1v) is 12.0. The number of esters is 1. The Morgan fingerprint density at radius 2 is 2.06 bits per heavy atom. The summed E-state index contributed by atoms with van der Waals surface area (Å²) in [6.45, 7) is 7.19. The van der Waals surface area contributed by atoms with E-state index in [1.54, 1.807) is 0 Å². The highest BCUT2D eigenvalue weighted by atomic mass is 16.5. The quantitative estimate of drug-likeness (QED) is 0.446. The zero-order valence-corrected chi connectivity index (χ0v) is 19.3. The molecular weight excluding hydrogens is 402 g/mol. The number of likely N-dealkylation sites (tertiary alicyclic amines) is 1. The van der Waals surface area contributed by atoms with Gasteiger partial charge in [-0.1, -0.05) is 12.5 Å². The molecule has 2 aliphatic rings. The van der Waals surface area contributed by atoms with Gasteiger partial charge in [-0.3, -0.25) is 9.69 Å². The van der Waals surface area contributed by atoms with Crippen LogP contribution >= 0.6 is 0 Å². The number of rotatable bonds is 10. The minimum Gasteiger partial charge on any atom is -0.466 e. The summed E-state index contributed by atoms with van der Waals surface area (Å²) in [5, 5.41) is 3.42. The summed E-state index contributed by atoms with van der Waals surface area (Å²) in [5.74, 6) is 2.36. The molecule has 0 radical (unpaired) electrons. The summed E-state index contributed by atoms with van der Waals surface area (Å²) >= 11 is 0. The number of aromatic nitrogens is 3. The Morgan fingerprint density at radius 3 is 2.84 bits per heavy atom. The predicted molar refractivity (Wildman–Crippen MR) is 124 cm³/mol. The maximum atomic E-state index is 12.2. The largest absolute Gasteiger partial charge is 0.466 e. The zero-order valence-electron chi connectivity index (χ0n) is 19.3. The number of carbonyl (C=O) groups is 1. The number of pyridine rings is 1. The highest BCUT2D eigenvalue weighted by Gasteiger charge is 2.34. The summed E-state index contributed by atoms with van der Waals surface area (Å²) in [6.07, 6.45) is 11.0. The van der Waals surface area contributed by atoms with Crippen LogP contribution in [-0.4, -0.2) is 52.1 Å². The maximum Gasteiger partial charge on any atom is 0.307 e. The number of fused-ring (bicyclic) bond motifs is 1. The lowest BCUT2D eigenvalue weighted by Gasteiger charge is -2.44. The van der Waals surface area contributed by atoms with Gasteiger partial charge in [0.05, 0.1) is 13.0 Å². The van der Waals surface area contributed by atoms with Crippen LogP contribution in [0.15, 0.2) is 24.5 Å². The maximum absolute atomic E-state index is 12.2. The molecule has 172 valence electrons. The molecule has 32 heavy (non-hydrogen) atoms. The number of anilines is 1. The molecular formula is C25H35N5O2. The molecule has 2 aromatic rings. The minimum atomic E-state index is -0.159. The molecule has 2 aliphatic heterocycles. The fourth-order valence-electron chi connectivity index (χ4n) is 4.70. The fourth-order valence-corrected chi connectivity index (χ4v) is 4.70. The second kappa shape index (κ2) is 10.9. The third-order valence-electron chi connectivity index (χ3n) is 6.52. The monoisotopic (exact) mass is 437 g/mol. The summed E-state index contributed by atoms with van der Waals surface area (Å²) < 4.78 is 5.20. The number of hydrogen-bond acceptors (Lipinski definition) is 7. The van der Waals surface area contributed by atoms with Crippen molar-refractivity contribution in [2.24, 2.45) is 5.92 Å².